The van der Waals surface area contributed by atoms with Crippen LogP contribution in [0.1, 0.15) is 23.6 Å². The quantitative estimate of drug-likeness (QED) is 0.123. The number of H-pyrrole nitrogens is 1. The number of carbonyl (C=O) groups excluding carboxylic acids is 2. The molecule has 1 unspecified atom stereocenters. The highest BCUT2D eigenvalue weighted by molar-refractivity contribution is 7.92. The Morgan fingerprint density at radius 1 is 0.818 bits per heavy atom. The highest BCUT2D eigenvalue weighted by atomic mass is 32.2. The van der Waals surface area contributed by atoms with E-state index in [9.17, 15) is 27.9 Å². The molecule has 224 valence electrons. The zero-order valence-electron chi connectivity index (χ0n) is 23.2. The van der Waals surface area contributed by atoms with Gasteiger partial charge in [0.25, 0.3) is 10.0 Å². The number of hydrogen-bond acceptors (Lipinski definition) is 6. The van der Waals surface area contributed by atoms with E-state index in [0.29, 0.717) is 11.1 Å². The van der Waals surface area contributed by atoms with E-state index in [2.05, 4.69) is 30.6 Å². The van der Waals surface area contributed by atoms with Crippen LogP contribution in [0.15, 0.2) is 108 Å². The van der Waals surface area contributed by atoms with Gasteiger partial charge in [0.2, 0.25) is 11.9 Å². The number of carbonyl (C=O) groups is 3. The van der Waals surface area contributed by atoms with E-state index in [1.165, 1.54) is 36.4 Å². The standard InChI is InChI=1S/C31H28N6O6S/c38-28(16-20-8-2-1-3-9-20)33-27(19-29(39)40)21-10-6-12-23(17-21)37-44(42,43)24-13-7-11-22(18-24)32-31(41)36-30-34-25-14-4-5-15-26(25)35-30/h1-15,17-18,27,37H,16,19H2,(H,33,38)(H,39,40)(H3,32,34,35,36,41). The maximum Gasteiger partial charge on any atom is 0.326 e. The first-order valence-corrected chi connectivity index (χ1v) is 14.9. The molecule has 3 amide bonds. The Hall–Kier alpha value is -5.69. The van der Waals surface area contributed by atoms with Crippen LogP contribution in [0, 0.1) is 0 Å². The normalized spacial score (nSPS) is 11.8. The van der Waals surface area contributed by atoms with Crippen molar-refractivity contribution in [2.75, 3.05) is 15.4 Å². The third kappa shape index (κ3) is 7.77. The number of aromatic nitrogens is 2. The number of urea groups is 1. The number of nitrogens with one attached hydrogen (secondary N) is 5. The number of amides is 3. The number of carboxylic acid groups (broad SMARTS) is 1. The predicted octanol–water partition coefficient (Wildman–Crippen LogP) is 4.88. The Morgan fingerprint density at radius 3 is 2.32 bits per heavy atom. The molecule has 0 aliphatic carbocycles. The van der Waals surface area contributed by atoms with Crippen LogP contribution in [0.25, 0.3) is 11.0 Å². The Kier molecular flexibility index (Phi) is 8.86. The molecule has 13 heteroatoms. The van der Waals surface area contributed by atoms with Gasteiger partial charge in [0, 0.05) is 11.4 Å². The molecule has 12 nitrogen and oxygen atoms in total. The molecule has 0 saturated heterocycles. The van der Waals surface area contributed by atoms with E-state index >= 15 is 0 Å². The molecule has 1 heterocycles. The Labute approximate surface area is 252 Å². The van der Waals surface area contributed by atoms with Crippen LogP contribution in [-0.4, -0.2) is 41.4 Å². The fourth-order valence-corrected chi connectivity index (χ4v) is 5.60. The minimum Gasteiger partial charge on any atom is -0.481 e. The lowest BCUT2D eigenvalue weighted by molar-refractivity contribution is -0.137. The number of imidazole rings is 1. The van der Waals surface area contributed by atoms with Crippen LogP contribution in [0.4, 0.5) is 22.1 Å². The van der Waals surface area contributed by atoms with Crippen molar-refractivity contribution in [2.45, 2.75) is 23.8 Å². The van der Waals surface area contributed by atoms with Crippen LogP contribution >= 0.6 is 0 Å². The number of aliphatic carboxylic acids is 1. The summed E-state index contributed by atoms with van der Waals surface area (Å²) in [7, 11) is -4.12. The monoisotopic (exact) mass is 612 g/mol. The summed E-state index contributed by atoms with van der Waals surface area (Å²) >= 11 is 0. The van der Waals surface area contributed by atoms with Crippen LogP contribution in [0.3, 0.4) is 0 Å². The summed E-state index contributed by atoms with van der Waals surface area (Å²) in [5, 5.41) is 17.4. The van der Waals surface area contributed by atoms with Gasteiger partial charge in [-0.2, -0.15) is 0 Å². The molecule has 44 heavy (non-hydrogen) atoms. The van der Waals surface area contributed by atoms with E-state index in [4.69, 9.17) is 0 Å². The smallest absolute Gasteiger partial charge is 0.326 e. The molecular weight excluding hydrogens is 584 g/mol. The second-order valence-electron chi connectivity index (χ2n) is 9.82. The number of para-hydroxylation sites is 2. The van der Waals surface area contributed by atoms with Gasteiger partial charge in [-0.05, 0) is 53.6 Å². The number of sulfonamides is 1. The van der Waals surface area contributed by atoms with Gasteiger partial charge in [-0.25, -0.2) is 18.2 Å². The number of rotatable bonds is 11. The first-order chi connectivity index (χ1) is 21.1. The largest absolute Gasteiger partial charge is 0.481 e. The van der Waals surface area contributed by atoms with E-state index in [0.717, 1.165) is 11.1 Å². The Morgan fingerprint density at radius 2 is 1.55 bits per heavy atom. The van der Waals surface area contributed by atoms with E-state index in [-0.39, 0.29) is 34.5 Å². The molecule has 0 aliphatic rings. The second-order valence-corrected chi connectivity index (χ2v) is 11.5. The molecule has 0 fully saturated rings. The number of hydrogen-bond donors (Lipinski definition) is 6. The predicted molar refractivity (Wildman–Crippen MR) is 166 cm³/mol. The van der Waals surface area contributed by atoms with Gasteiger partial charge >= 0.3 is 12.0 Å². The molecule has 0 aliphatic heterocycles. The molecule has 0 saturated carbocycles. The molecule has 5 aromatic rings. The molecule has 1 aromatic heterocycles. The van der Waals surface area contributed by atoms with Crippen molar-refractivity contribution in [3.05, 3.63) is 114 Å². The van der Waals surface area contributed by atoms with E-state index < -0.39 is 34.5 Å². The maximum atomic E-state index is 13.3. The SMILES string of the molecule is O=C(O)CC(NC(=O)Cc1ccccc1)c1cccc(NS(=O)(=O)c2cccc(NC(=O)Nc3nc4ccccc4[nH]3)c2)c1. The zero-order chi connectivity index (χ0) is 31.1. The summed E-state index contributed by atoms with van der Waals surface area (Å²) in [6, 6.07) is 26.6. The number of fused-ring (bicyclic) bond motifs is 1. The van der Waals surface area contributed by atoms with Gasteiger partial charge in [-0.3, -0.25) is 19.6 Å². The minimum atomic E-state index is -4.12. The van der Waals surface area contributed by atoms with Crippen molar-refractivity contribution in [2.24, 2.45) is 0 Å². The molecule has 5 rings (SSSR count). The van der Waals surface area contributed by atoms with Gasteiger partial charge in [-0.15, -0.1) is 0 Å². The highest BCUT2D eigenvalue weighted by Gasteiger charge is 2.21. The van der Waals surface area contributed by atoms with Crippen LogP contribution in [-0.2, 0) is 26.0 Å². The summed E-state index contributed by atoms with van der Waals surface area (Å²) in [6.07, 6.45) is -0.343. The van der Waals surface area contributed by atoms with Crippen molar-refractivity contribution in [3.63, 3.8) is 0 Å². The summed E-state index contributed by atoms with van der Waals surface area (Å²) in [5.41, 5.74) is 2.98. The molecule has 4 aromatic carbocycles. The number of benzene rings is 4. The average Bonchev–Trinajstić information content (AvgIpc) is 3.39. The van der Waals surface area contributed by atoms with Crippen molar-refractivity contribution in [3.8, 4) is 0 Å². The number of carboxylic acids is 1. The molecule has 6 N–H and O–H groups in total. The molecular formula is C31H28N6O6S. The third-order valence-electron chi connectivity index (χ3n) is 6.49. The maximum absolute atomic E-state index is 13.3. The van der Waals surface area contributed by atoms with Gasteiger partial charge in [0.15, 0.2) is 0 Å². The zero-order valence-corrected chi connectivity index (χ0v) is 24.0. The topological polar surface area (TPSA) is 182 Å². The van der Waals surface area contributed by atoms with Crippen LogP contribution < -0.4 is 20.7 Å². The van der Waals surface area contributed by atoms with Crippen LogP contribution in [0.5, 0.6) is 0 Å². The summed E-state index contributed by atoms with van der Waals surface area (Å²) in [6.45, 7) is 0. The summed E-state index contributed by atoms with van der Waals surface area (Å²) in [4.78, 5) is 43.9. The average molecular weight is 613 g/mol. The minimum absolute atomic E-state index is 0.0595. The molecule has 0 bridgehead atoms. The third-order valence-corrected chi connectivity index (χ3v) is 7.87. The van der Waals surface area contributed by atoms with Crippen molar-refractivity contribution >= 4 is 56.3 Å². The Bertz CT molecular complexity index is 1890. The molecule has 0 radical (unpaired) electrons. The number of nitrogens with zero attached hydrogens (tertiary/aromatic N) is 1. The van der Waals surface area contributed by atoms with E-state index in [1.807, 2.05) is 24.3 Å². The summed E-state index contributed by atoms with van der Waals surface area (Å²) in [5.74, 6) is -1.27. The fraction of sp³-hybridized carbons (Fsp3) is 0.0968. The van der Waals surface area contributed by atoms with Crippen molar-refractivity contribution in [1.29, 1.82) is 0 Å². The number of aromatic amines is 1. The highest BCUT2D eigenvalue weighted by Crippen LogP contribution is 2.24. The van der Waals surface area contributed by atoms with Gasteiger partial charge < -0.3 is 20.7 Å². The Balaban J connectivity index is 1.27. The summed E-state index contributed by atoms with van der Waals surface area (Å²) < 4.78 is 29.0. The van der Waals surface area contributed by atoms with E-state index in [1.54, 1.807) is 42.5 Å². The van der Waals surface area contributed by atoms with Crippen molar-refractivity contribution < 1.29 is 27.9 Å². The molecule has 0 spiro atoms. The van der Waals surface area contributed by atoms with Crippen molar-refractivity contribution in [1.82, 2.24) is 15.3 Å². The van der Waals surface area contributed by atoms with Gasteiger partial charge in [-0.1, -0.05) is 60.7 Å². The first kappa shape index (κ1) is 29.8. The van der Waals surface area contributed by atoms with Crippen LogP contribution in [0.2, 0.25) is 0 Å². The fourth-order valence-electron chi connectivity index (χ4n) is 4.51. The lowest BCUT2D eigenvalue weighted by Crippen LogP contribution is -2.31. The lowest BCUT2D eigenvalue weighted by atomic mass is 10.0. The number of anilines is 3. The lowest BCUT2D eigenvalue weighted by Gasteiger charge is -2.19. The molecule has 1 atom stereocenters. The first-order valence-electron chi connectivity index (χ1n) is 13.5. The van der Waals surface area contributed by atoms with Gasteiger partial charge in [0.05, 0.1) is 34.8 Å². The second kappa shape index (κ2) is 13.1. The van der Waals surface area contributed by atoms with Gasteiger partial charge in [0.1, 0.15) is 0 Å².